The van der Waals surface area contributed by atoms with Gasteiger partial charge < -0.3 is 21.5 Å². The first-order chi connectivity index (χ1) is 8.56. The van der Waals surface area contributed by atoms with Crippen molar-refractivity contribution < 1.29 is 14.3 Å². The van der Waals surface area contributed by atoms with Gasteiger partial charge in [-0.3, -0.25) is 9.59 Å². The molecule has 6 nitrogen and oxygen atoms in total. The molecule has 0 aromatic heterocycles. The largest absolute Gasteiger partial charge is 0.483 e. The Labute approximate surface area is 104 Å². The zero-order chi connectivity index (χ0) is 13.1. The number of anilines is 1. The van der Waals surface area contributed by atoms with Gasteiger partial charge in [-0.05, 0) is 31.0 Å². The molecule has 1 aromatic carbocycles. The quantitative estimate of drug-likeness (QED) is 0.639. The molecule has 0 radical (unpaired) electrons. The Hall–Kier alpha value is -2.24. The molecule has 0 spiro atoms. The lowest BCUT2D eigenvalue weighted by Crippen LogP contribution is -2.30. The summed E-state index contributed by atoms with van der Waals surface area (Å²) in [6.45, 7) is -0.138. The van der Waals surface area contributed by atoms with Crippen molar-refractivity contribution in [2.24, 2.45) is 5.73 Å². The molecule has 2 rings (SSSR count). The number of nitrogen functional groups attached to an aromatic ring is 1. The third kappa shape index (κ3) is 3.13. The molecule has 1 aliphatic carbocycles. The Kier molecular flexibility index (Phi) is 3.36. The van der Waals surface area contributed by atoms with Crippen LogP contribution in [0.15, 0.2) is 18.2 Å². The minimum Gasteiger partial charge on any atom is -0.483 e. The van der Waals surface area contributed by atoms with Crippen LogP contribution in [0.1, 0.15) is 23.2 Å². The van der Waals surface area contributed by atoms with Gasteiger partial charge in [-0.1, -0.05) is 0 Å². The van der Waals surface area contributed by atoms with E-state index in [9.17, 15) is 9.59 Å². The van der Waals surface area contributed by atoms with Crippen LogP contribution in [0.25, 0.3) is 0 Å². The summed E-state index contributed by atoms with van der Waals surface area (Å²) in [7, 11) is 0. The summed E-state index contributed by atoms with van der Waals surface area (Å²) >= 11 is 0. The molecule has 18 heavy (non-hydrogen) atoms. The Morgan fingerprint density at radius 1 is 1.39 bits per heavy atom. The van der Waals surface area contributed by atoms with E-state index in [2.05, 4.69) is 5.32 Å². The van der Waals surface area contributed by atoms with Gasteiger partial charge in [-0.25, -0.2) is 0 Å². The molecular formula is C12H15N3O3. The zero-order valence-electron chi connectivity index (χ0n) is 9.81. The lowest BCUT2D eigenvalue weighted by molar-refractivity contribution is -0.123. The van der Waals surface area contributed by atoms with Crippen LogP contribution in [-0.2, 0) is 4.79 Å². The number of nitrogens with two attached hydrogens (primary N) is 2. The number of primary amides is 1. The molecule has 5 N–H and O–H groups in total. The van der Waals surface area contributed by atoms with Crippen LogP contribution in [0.4, 0.5) is 5.69 Å². The summed E-state index contributed by atoms with van der Waals surface area (Å²) in [6.07, 6.45) is 2.03. The zero-order valence-corrected chi connectivity index (χ0v) is 9.81. The Morgan fingerprint density at radius 2 is 2.11 bits per heavy atom. The number of ether oxygens (including phenoxy) is 1. The first kappa shape index (κ1) is 12.2. The van der Waals surface area contributed by atoms with Gasteiger partial charge in [0, 0.05) is 11.7 Å². The molecule has 0 aliphatic heterocycles. The maximum absolute atomic E-state index is 11.4. The Morgan fingerprint density at radius 3 is 2.72 bits per heavy atom. The highest BCUT2D eigenvalue weighted by Crippen LogP contribution is 2.21. The van der Waals surface area contributed by atoms with Crippen molar-refractivity contribution in [3.05, 3.63) is 23.8 Å². The second-order valence-electron chi connectivity index (χ2n) is 4.25. The van der Waals surface area contributed by atoms with Crippen molar-refractivity contribution >= 4 is 17.5 Å². The highest BCUT2D eigenvalue weighted by atomic mass is 16.5. The summed E-state index contributed by atoms with van der Waals surface area (Å²) in [5.74, 6) is -0.577. The van der Waals surface area contributed by atoms with Crippen LogP contribution in [0, 0.1) is 0 Å². The average molecular weight is 249 g/mol. The first-order valence-electron chi connectivity index (χ1n) is 5.68. The minimum atomic E-state index is -0.639. The van der Waals surface area contributed by atoms with E-state index in [1.54, 1.807) is 6.07 Å². The molecule has 0 unspecified atom stereocenters. The minimum absolute atomic E-state index is 0.138. The van der Waals surface area contributed by atoms with Gasteiger partial charge in [0.25, 0.3) is 11.8 Å². The molecule has 0 atom stereocenters. The molecule has 0 heterocycles. The predicted octanol–water partition coefficient (Wildman–Crippen LogP) is 0.0251. The van der Waals surface area contributed by atoms with Crippen LogP contribution in [-0.4, -0.2) is 24.5 Å². The topological polar surface area (TPSA) is 107 Å². The molecule has 96 valence electrons. The third-order valence-corrected chi connectivity index (χ3v) is 2.57. The molecular weight excluding hydrogens is 234 g/mol. The number of hydrogen-bond donors (Lipinski definition) is 3. The van der Waals surface area contributed by atoms with Gasteiger partial charge in [-0.2, -0.15) is 0 Å². The summed E-state index contributed by atoms with van der Waals surface area (Å²) in [6, 6.07) is 4.82. The SMILES string of the molecule is NC(=O)c1cc(N)ccc1OCC(=O)NC1CC1. The molecule has 2 amide bonds. The highest BCUT2D eigenvalue weighted by molar-refractivity contribution is 5.96. The van der Waals surface area contributed by atoms with E-state index in [1.165, 1.54) is 12.1 Å². The van der Waals surface area contributed by atoms with Gasteiger partial charge in [-0.15, -0.1) is 0 Å². The maximum atomic E-state index is 11.4. The average Bonchev–Trinajstić information content (AvgIpc) is 3.11. The van der Waals surface area contributed by atoms with Crippen LogP contribution in [0.3, 0.4) is 0 Å². The highest BCUT2D eigenvalue weighted by Gasteiger charge is 2.23. The normalized spacial score (nSPS) is 14.0. The fourth-order valence-electron chi connectivity index (χ4n) is 1.51. The Bertz CT molecular complexity index is 483. The number of amides is 2. The Balaban J connectivity index is 1.99. The maximum Gasteiger partial charge on any atom is 0.258 e. The number of hydrogen-bond acceptors (Lipinski definition) is 4. The van der Waals surface area contributed by atoms with Gasteiger partial charge in [0.15, 0.2) is 6.61 Å². The molecule has 1 aliphatic rings. The van der Waals surface area contributed by atoms with E-state index in [1.807, 2.05) is 0 Å². The van der Waals surface area contributed by atoms with Crippen LogP contribution in [0.5, 0.6) is 5.75 Å². The number of nitrogens with one attached hydrogen (secondary N) is 1. The van der Waals surface area contributed by atoms with E-state index >= 15 is 0 Å². The fourth-order valence-corrected chi connectivity index (χ4v) is 1.51. The number of benzene rings is 1. The monoisotopic (exact) mass is 249 g/mol. The van der Waals surface area contributed by atoms with E-state index in [4.69, 9.17) is 16.2 Å². The van der Waals surface area contributed by atoms with Crippen LogP contribution < -0.4 is 21.5 Å². The second-order valence-corrected chi connectivity index (χ2v) is 4.25. The molecule has 1 aromatic rings. The number of rotatable bonds is 5. The lowest BCUT2D eigenvalue weighted by Gasteiger charge is -2.10. The summed E-state index contributed by atoms with van der Waals surface area (Å²) < 4.78 is 5.28. The second kappa shape index (κ2) is 4.95. The molecule has 1 fully saturated rings. The molecule has 1 saturated carbocycles. The van der Waals surface area contributed by atoms with Gasteiger partial charge in [0.1, 0.15) is 5.75 Å². The molecule has 0 bridgehead atoms. The summed E-state index contributed by atoms with van der Waals surface area (Å²) in [5.41, 5.74) is 11.3. The van der Waals surface area contributed by atoms with E-state index in [0.29, 0.717) is 5.69 Å². The van der Waals surface area contributed by atoms with Crippen molar-refractivity contribution in [1.82, 2.24) is 5.32 Å². The molecule has 6 heteroatoms. The first-order valence-corrected chi connectivity index (χ1v) is 5.68. The number of carbonyl (C=O) groups excluding carboxylic acids is 2. The fraction of sp³-hybridized carbons (Fsp3) is 0.333. The lowest BCUT2D eigenvalue weighted by atomic mass is 10.1. The van der Waals surface area contributed by atoms with Crippen molar-refractivity contribution in [2.45, 2.75) is 18.9 Å². The standard InChI is InChI=1S/C12H15N3O3/c13-7-1-4-10(9(5-7)12(14)17)18-6-11(16)15-8-2-3-8/h1,4-5,8H,2-3,6,13H2,(H2,14,17)(H,15,16). The van der Waals surface area contributed by atoms with E-state index < -0.39 is 5.91 Å². The molecule has 0 saturated heterocycles. The van der Waals surface area contributed by atoms with Gasteiger partial charge >= 0.3 is 0 Å². The van der Waals surface area contributed by atoms with Gasteiger partial charge in [0.05, 0.1) is 5.56 Å². The third-order valence-electron chi connectivity index (χ3n) is 2.57. The smallest absolute Gasteiger partial charge is 0.258 e. The van der Waals surface area contributed by atoms with E-state index in [-0.39, 0.29) is 29.9 Å². The summed E-state index contributed by atoms with van der Waals surface area (Å²) in [5, 5.41) is 2.78. The van der Waals surface area contributed by atoms with Crippen molar-refractivity contribution in [2.75, 3.05) is 12.3 Å². The van der Waals surface area contributed by atoms with Crippen molar-refractivity contribution in [3.8, 4) is 5.75 Å². The predicted molar refractivity (Wildman–Crippen MR) is 66.0 cm³/mol. The van der Waals surface area contributed by atoms with Crippen molar-refractivity contribution in [3.63, 3.8) is 0 Å². The summed E-state index contributed by atoms with van der Waals surface area (Å²) in [4.78, 5) is 22.6. The van der Waals surface area contributed by atoms with E-state index in [0.717, 1.165) is 12.8 Å². The number of carbonyl (C=O) groups is 2. The van der Waals surface area contributed by atoms with Crippen molar-refractivity contribution in [1.29, 1.82) is 0 Å². The van der Waals surface area contributed by atoms with Crippen LogP contribution in [0.2, 0.25) is 0 Å². The van der Waals surface area contributed by atoms with Crippen LogP contribution >= 0.6 is 0 Å². The van der Waals surface area contributed by atoms with Gasteiger partial charge in [0.2, 0.25) is 0 Å².